The lowest BCUT2D eigenvalue weighted by Crippen LogP contribution is -2.32. The summed E-state index contributed by atoms with van der Waals surface area (Å²) in [4.78, 5) is 27.1. The molecule has 0 aromatic carbocycles. The van der Waals surface area contributed by atoms with Crippen molar-refractivity contribution in [3.63, 3.8) is 0 Å². The van der Waals surface area contributed by atoms with Crippen molar-refractivity contribution in [3.05, 3.63) is 22.5 Å². The normalized spacial score (nSPS) is 10.8. The van der Waals surface area contributed by atoms with E-state index in [4.69, 9.17) is 10.5 Å². The number of nitrogens with two attached hydrogens (primary N) is 1. The minimum atomic E-state index is -0.549. The molecule has 0 aliphatic carbocycles. The lowest BCUT2D eigenvalue weighted by Gasteiger charge is -2.03. The second-order valence-corrected chi connectivity index (χ2v) is 3.42. The number of fused-ring (bicyclic) bond motifs is 1. The Labute approximate surface area is 101 Å². The number of ether oxygens (including phenoxy) is 1. The van der Waals surface area contributed by atoms with Crippen LogP contribution in [0, 0.1) is 0 Å². The second kappa shape index (κ2) is 4.92. The van der Waals surface area contributed by atoms with E-state index in [1.54, 1.807) is 6.92 Å². The molecule has 0 amide bonds. The van der Waals surface area contributed by atoms with Crippen LogP contribution >= 0.6 is 0 Å². The maximum atomic E-state index is 11.9. The number of carbonyl (C=O) groups is 1. The van der Waals surface area contributed by atoms with Crippen LogP contribution in [-0.2, 0) is 22.6 Å². The van der Waals surface area contributed by atoms with Crippen molar-refractivity contribution in [2.75, 3.05) is 6.61 Å². The molecule has 0 unspecified atom stereocenters. The molecule has 0 spiro atoms. The average molecular weight is 252 g/mol. The fourth-order valence-electron chi connectivity index (χ4n) is 1.46. The second-order valence-electron chi connectivity index (χ2n) is 3.42. The number of imidazole rings is 1. The van der Waals surface area contributed by atoms with Gasteiger partial charge < -0.3 is 10.5 Å². The molecule has 96 valence electrons. The Kier molecular flexibility index (Phi) is 3.33. The van der Waals surface area contributed by atoms with E-state index in [9.17, 15) is 9.59 Å². The molecule has 0 saturated heterocycles. The molecule has 0 bridgehead atoms. The Morgan fingerprint density at radius 3 is 3.00 bits per heavy atom. The SMILES string of the molecule is CCOC(=O)Cn1nnc2c(CN)ncn2c1=O. The molecule has 0 aliphatic heterocycles. The third kappa shape index (κ3) is 2.07. The van der Waals surface area contributed by atoms with Crippen LogP contribution < -0.4 is 11.4 Å². The molecule has 9 nitrogen and oxygen atoms in total. The first kappa shape index (κ1) is 12.2. The van der Waals surface area contributed by atoms with E-state index < -0.39 is 11.7 Å². The van der Waals surface area contributed by atoms with E-state index in [0.29, 0.717) is 11.3 Å². The third-order valence-corrected chi connectivity index (χ3v) is 2.27. The Morgan fingerprint density at radius 2 is 2.33 bits per heavy atom. The van der Waals surface area contributed by atoms with E-state index in [-0.39, 0.29) is 19.7 Å². The van der Waals surface area contributed by atoms with Crippen molar-refractivity contribution in [2.45, 2.75) is 20.0 Å². The van der Waals surface area contributed by atoms with Crippen LogP contribution in [0.5, 0.6) is 0 Å². The molecule has 2 heterocycles. The fourth-order valence-corrected chi connectivity index (χ4v) is 1.46. The molecule has 18 heavy (non-hydrogen) atoms. The summed E-state index contributed by atoms with van der Waals surface area (Å²) in [5, 5.41) is 7.46. The predicted molar refractivity (Wildman–Crippen MR) is 59.6 cm³/mol. The molecule has 2 aromatic heterocycles. The molecule has 2 aromatic rings. The summed E-state index contributed by atoms with van der Waals surface area (Å²) in [5.74, 6) is -0.549. The summed E-state index contributed by atoms with van der Waals surface area (Å²) in [6, 6.07) is 0. The Balaban J connectivity index is 2.40. The van der Waals surface area contributed by atoms with Crippen LogP contribution in [0.2, 0.25) is 0 Å². The van der Waals surface area contributed by atoms with Crippen molar-refractivity contribution < 1.29 is 9.53 Å². The topological polar surface area (TPSA) is 117 Å². The smallest absolute Gasteiger partial charge is 0.353 e. The summed E-state index contributed by atoms with van der Waals surface area (Å²) in [5.41, 5.74) is 5.70. The first-order chi connectivity index (χ1) is 8.67. The number of rotatable bonds is 4. The van der Waals surface area contributed by atoms with Gasteiger partial charge in [0.25, 0.3) is 0 Å². The Bertz CT molecular complexity index is 631. The highest BCUT2D eigenvalue weighted by atomic mass is 16.5. The van der Waals surface area contributed by atoms with Gasteiger partial charge in [0.1, 0.15) is 18.6 Å². The van der Waals surface area contributed by atoms with Crippen LogP contribution in [0.3, 0.4) is 0 Å². The molecular weight excluding hydrogens is 240 g/mol. The van der Waals surface area contributed by atoms with E-state index in [0.717, 1.165) is 4.68 Å². The van der Waals surface area contributed by atoms with Gasteiger partial charge >= 0.3 is 11.7 Å². The van der Waals surface area contributed by atoms with Crippen LogP contribution in [0.1, 0.15) is 12.6 Å². The van der Waals surface area contributed by atoms with Crippen LogP contribution in [0.25, 0.3) is 5.65 Å². The quantitative estimate of drug-likeness (QED) is 0.645. The van der Waals surface area contributed by atoms with Gasteiger partial charge in [0.05, 0.1) is 6.61 Å². The minimum absolute atomic E-state index is 0.159. The maximum absolute atomic E-state index is 11.9. The zero-order valence-electron chi connectivity index (χ0n) is 9.74. The summed E-state index contributed by atoms with van der Waals surface area (Å²) in [7, 11) is 0. The lowest BCUT2D eigenvalue weighted by molar-refractivity contribution is -0.144. The summed E-state index contributed by atoms with van der Waals surface area (Å²) >= 11 is 0. The standard InChI is InChI=1S/C9H12N6O3/c1-2-18-7(16)4-15-9(17)14-5-11-6(3-10)8(14)12-13-15/h5H,2-4,10H2,1H3. The minimum Gasteiger partial charge on any atom is -0.465 e. The van der Waals surface area contributed by atoms with Crippen molar-refractivity contribution in [1.82, 2.24) is 24.4 Å². The van der Waals surface area contributed by atoms with E-state index in [1.165, 1.54) is 10.7 Å². The monoisotopic (exact) mass is 252 g/mol. The molecular formula is C9H12N6O3. The Hall–Kier alpha value is -2.29. The molecule has 0 saturated carbocycles. The molecule has 0 atom stereocenters. The highest BCUT2D eigenvalue weighted by Gasteiger charge is 2.12. The zero-order chi connectivity index (χ0) is 13.1. The number of hydrogen-bond acceptors (Lipinski definition) is 7. The van der Waals surface area contributed by atoms with Crippen LogP contribution in [0.15, 0.2) is 11.1 Å². The van der Waals surface area contributed by atoms with Crippen molar-refractivity contribution in [2.24, 2.45) is 5.73 Å². The van der Waals surface area contributed by atoms with Gasteiger partial charge in [0.15, 0.2) is 5.65 Å². The van der Waals surface area contributed by atoms with Crippen molar-refractivity contribution in [1.29, 1.82) is 0 Å². The van der Waals surface area contributed by atoms with Gasteiger partial charge in [-0.2, -0.15) is 4.68 Å². The van der Waals surface area contributed by atoms with Crippen molar-refractivity contribution in [3.8, 4) is 0 Å². The number of hydrogen-bond donors (Lipinski definition) is 1. The van der Waals surface area contributed by atoms with Gasteiger partial charge in [0.2, 0.25) is 0 Å². The molecule has 0 fully saturated rings. The molecule has 0 aliphatic rings. The van der Waals surface area contributed by atoms with Gasteiger partial charge in [-0.05, 0) is 6.92 Å². The largest absolute Gasteiger partial charge is 0.465 e. The summed E-state index contributed by atoms with van der Waals surface area (Å²) in [6.45, 7) is 1.79. The highest BCUT2D eigenvalue weighted by molar-refractivity contribution is 5.68. The summed E-state index contributed by atoms with van der Waals surface area (Å²) in [6.07, 6.45) is 1.30. The average Bonchev–Trinajstić information content (AvgIpc) is 2.77. The number of nitrogens with zero attached hydrogens (tertiary/aromatic N) is 5. The first-order valence-electron chi connectivity index (χ1n) is 5.32. The van der Waals surface area contributed by atoms with Gasteiger partial charge in [-0.25, -0.2) is 14.2 Å². The number of esters is 1. The number of aromatic nitrogens is 5. The van der Waals surface area contributed by atoms with Gasteiger partial charge in [-0.15, -0.1) is 5.10 Å². The van der Waals surface area contributed by atoms with Gasteiger partial charge in [-0.1, -0.05) is 5.21 Å². The Morgan fingerprint density at radius 1 is 1.56 bits per heavy atom. The number of carbonyl (C=O) groups excluding carboxylic acids is 1. The molecule has 2 N–H and O–H groups in total. The van der Waals surface area contributed by atoms with E-state index in [1.807, 2.05) is 0 Å². The predicted octanol–water partition coefficient (Wildman–Crippen LogP) is -1.69. The van der Waals surface area contributed by atoms with E-state index >= 15 is 0 Å². The lowest BCUT2D eigenvalue weighted by atomic mass is 10.5. The molecule has 2 rings (SSSR count). The highest BCUT2D eigenvalue weighted by Crippen LogP contribution is 2.00. The first-order valence-corrected chi connectivity index (χ1v) is 5.32. The van der Waals surface area contributed by atoms with Gasteiger partial charge in [-0.3, -0.25) is 4.79 Å². The van der Waals surface area contributed by atoms with Gasteiger partial charge in [0, 0.05) is 6.54 Å². The maximum Gasteiger partial charge on any atom is 0.353 e. The zero-order valence-corrected chi connectivity index (χ0v) is 9.74. The fraction of sp³-hybridized carbons (Fsp3) is 0.444. The van der Waals surface area contributed by atoms with Crippen LogP contribution in [0.4, 0.5) is 0 Å². The van der Waals surface area contributed by atoms with Crippen LogP contribution in [-0.4, -0.2) is 37.0 Å². The molecule has 0 radical (unpaired) electrons. The van der Waals surface area contributed by atoms with E-state index in [2.05, 4.69) is 15.3 Å². The third-order valence-electron chi connectivity index (χ3n) is 2.27. The molecule has 9 heteroatoms. The summed E-state index contributed by atoms with van der Waals surface area (Å²) < 4.78 is 6.83. The van der Waals surface area contributed by atoms with Crippen molar-refractivity contribution >= 4 is 11.6 Å².